The molecule has 3 rings (SSSR count). The first-order valence-electron chi connectivity index (χ1n) is 8.62. The number of carbonyl (C=O) groups is 1. The van der Waals surface area contributed by atoms with E-state index in [0.717, 1.165) is 22.1 Å². The van der Waals surface area contributed by atoms with Crippen LogP contribution in [0.3, 0.4) is 0 Å². The zero-order valence-corrected chi connectivity index (χ0v) is 16.8. The van der Waals surface area contributed by atoms with Crippen molar-refractivity contribution < 1.29 is 4.79 Å². The molecule has 0 aliphatic rings. The number of nitrogens with one attached hydrogen (secondary N) is 1. The van der Waals surface area contributed by atoms with E-state index in [1.54, 1.807) is 0 Å². The van der Waals surface area contributed by atoms with Crippen LogP contribution in [0, 0.1) is 0 Å². The van der Waals surface area contributed by atoms with Crippen molar-refractivity contribution in [1.29, 1.82) is 0 Å². The molecule has 1 amide bonds. The summed E-state index contributed by atoms with van der Waals surface area (Å²) in [4.78, 5) is 12.2. The van der Waals surface area contributed by atoms with Crippen molar-refractivity contribution in [3.63, 3.8) is 0 Å². The van der Waals surface area contributed by atoms with E-state index >= 15 is 0 Å². The predicted molar refractivity (Wildman–Crippen MR) is 109 cm³/mol. The summed E-state index contributed by atoms with van der Waals surface area (Å²) in [6, 6.07) is 17.5. The third-order valence-corrected chi connectivity index (χ3v) is 5.48. The van der Waals surface area contributed by atoms with Gasteiger partial charge in [0.15, 0.2) is 5.16 Å². The molecule has 1 aromatic heterocycles. The zero-order chi connectivity index (χ0) is 19.2. The van der Waals surface area contributed by atoms with Crippen LogP contribution in [0.1, 0.15) is 29.9 Å². The number of thioether (sulfide) groups is 1. The van der Waals surface area contributed by atoms with Crippen LogP contribution < -0.4 is 5.32 Å². The highest BCUT2D eigenvalue weighted by molar-refractivity contribution is 7.99. The number of halogens is 1. The minimum absolute atomic E-state index is 0.0285. The Kier molecular flexibility index (Phi) is 6.53. The van der Waals surface area contributed by atoms with Crippen molar-refractivity contribution in [3.8, 4) is 0 Å². The topological polar surface area (TPSA) is 59.8 Å². The van der Waals surface area contributed by atoms with Gasteiger partial charge in [0.25, 0.3) is 0 Å². The number of hydrogen-bond donors (Lipinski definition) is 1. The third-order valence-electron chi connectivity index (χ3n) is 4.21. The molecule has 1 atom stereocenters. The van der Waals surface area contributed by atoms with Gasteiger partial charge in [-0.15, -0.1) is 10.2 Å². The van der Waals surface area contributed by atoms with E-state index in [9.17, 15) is 4.79 Å². The average molecular weight is 401 g/mol. The van der Waals surface area contributed by atoms with Crippen molar-refractivity contribution in [3.05, 3.63) is 76.6 Å². The zero-order valence-electron chi connectivity index (χ0n) is 15.2. The lowest BCUT2D eigenvalue weighted by molar-refractivity contribution is -0.119. The summed E-state index contributed by atoms with van der Waals surface area (Å²) in [5, 5.41) is 12.9. The number of rotatable bonds is 7. The fourth-order valence-electron chi connectivity index (χ4n) is 2.65. The van der Waals surface area contributed by atoms with Gasteiger partial charge in [-0.2, -0.15) is 0 Å². The first-order valence-corrected chi connectivity index (χ1v) is 9.99. The lowest BCUT2D eigenvalue weighted by Gasteiger charge is -2.14. The highest BCUT2D eigenvalue weighted by Crippen LogP contribution is 2.19. The monoisotopic (exact) mass is 400 g/mol. The van der Waals surface area contributed by atoms with E-state index in [4.69, 9.17) is 11.6 Å². The number of hydrogen-bond acceptors (Lipinski definition) is 4. The molecule has 0 spiro atoms. The Morgan fingerprint density at radius 2 is 1.85 bits per heavy atom. The molecule has 0 bridgehead atoms. The van der Waals surface area contributed by atoms with Crippen LogP contribution in [0.25, 0.3) is 0 Å². The molecule has 0 saturated carbocycles. The molecule has 0 aliphatic heterocycles. The number of nitrogens with zero attached hydrogens (tertiary/aromatic N) is 3. The Morgan fingerprint density at radius 3 is 2.56 bits per heavy atom. The number of amides is 1. The molecule has 0 saturated heterocycles. The Bertz CT molecular complexity index is 896. The van der Waals surface area contributed by atoms with Crippen molar-refractivity contribution in [2.24, 2.45) is 7.05 Å². The fourth-order valence-corrected chi connectivity index (χ4v) is 3.51. The van der Waals surface area contributed by atoms with Crippen LogP contribution >= 0.6 is 23.4 Å². The molecular formula is C20H21ClN4OS. The van der Waals surface area contributed by atoms with Gasteiger partial charge < -0.3 is 9.88 Å². The maximum Gasteiger partial charge on any atom is 0.230 e. The summed E-state index contributed by atoms with van der Waals surface area (Å²) in [7, 11) is 1.91. The molecule has 0 aliphatic carbocycles. The molecule has 0 radical (unpaired) electrons. The summed E-state index contributed by atoms with van der Waals surface area (Å²) in [6.45, 7) is 1.98. The minimum atomic E-state index is -0.0291. The molecular weight excluding hydrogens is 380 g/mol. The van der Waals surface area contributed by atoms with Gasteiger partial charge in [0.1, 0.15) is 5.82 Å². The van der Waals surface area contributed by atoms with Gasteiger partial charge in [0.05, 0.1) is 11.8 Å². The smallest absolute Gasteiger partial charge is 0.230 e. The molecule has 2 aromatic carbocycles. The largest absolute Gasteiger partial charge is 0.349 e. The van der Waals surface area contributed by atoms with Gasteiger partial charge in [-0.3, -0.25) is 4.79 Å². The molecule has 1 N–H and O–H groups in total. The van der Waals surface area contributed by atoms with Crippen LogP contribution in [0.15, 0.2) is 59.8 Å². The number of aromatic nitrogens is 3. The molecule has 5 nitrogen and oxygen atoms in total. The van der Waals surface area contributed by atoms with E-state index < -0.39 is 0 Å². The number of benzene rings is 2. The van der Waals surface area contributed by atoms with Crippen molar-refractivity contribution in [1.82, 2.24) is 20.1 Å². The Balaban J connectivity index is 1.54. The molecule has 0 fully saturated rings. The Morgan fingerprint density at radius 1 is 1.15 bits per heavy atom. The normalized spacial score (nSPS) is 12.0. The van der Waals surface area contributed by atoms with Gasteiger partial charge in [-0.1, -0.05) is 65.8 Å². The Hall–Kier alpha value is -2.31. The maximum absolute atomic E-state index is 12.2. The van der Waals surface area contributed by atoms with Gasteiger partial charge in [-0.05, 0) is 30.2 Å². The van der Waals surface area contributed by atoms with Gasteiger partial charge >= 0.3 is 0 Å². The molecule has 1 unspecified atom stereocenters. The summed E-state index contributed by atoms with van der Waals surface area (Å²) >= 11 is 7.30. The summed E-state index contributed by atoms with van der Waals surface area (Å²) in [5.41, 5.74) is 2.20. The quantitative estimate of drug-likeness (QED) is 0.608. The van der Waals surface area contributed by atoms with Crippen molar-refractivity contribution in [2.45, 2.75) is 24.5 Å². The average Bonchev–Trinajstić information content (AvgIpc) is 3.02. The first kappa shape index (κ1) is 19.5. The SMILES string of the molecule is CC(NC(=O)CSc1nnc(Cc2ccc(Cl)cc2)n1C)c1ccccc1. The van der Waals surface area contributed by atoms with Crippen LogP contribution in [-0.4, -0.2) is 26.4 Å². The Labute approximate surface area is 168 Å². The second-order valence-electron chi connectivity index (χ2n) is 6.25. The van der Waals surface area contributed by atoms with Gasteiger partial charge in [0, 0.05) is 18.5 Å². The molecule has 140 valence electrons. The molecule has 3 aromatic rings. The van der Waals surface area contributed by atoms with Crippen LogP contribution in [0.5, 0.6) is 0 Å². The maximum atomic E-state index is 12.2. The lowest BCUT2D eigenvalue weighted by atomic mass is 10.1. The molecule has 27 heavy (non-hydrogen) atoms. The van der Waals surface area contributed by atoms with Crippen LogP contribution in [-0.2, 0) is 18.3 Å². The standard InChI is InChI=1S/C20H21ClN4OS/c1-14(16-6-4-3-5-7-16)22-19(26)13-27-20-24-23-18(25(20)2)12-15-8-10-17(21)11-9-15/h3-11,14H,12-13H2,1-2H3,(H,22,26). The van der Waals surface area contributed by atoms with E-state index in [-0.39, 0.29) is 11.9 Å². The van der Waals surface area contributed by atoms with E-state index in [1.165, 1.54) is 11.8 Å². The van der Waals surface area contributed by atoms with E-state index in [1.807, 2.05) is 73.1 Å². The van der Waals surface area contributed by atoms with Crippen LogP contribution in [0.4, 0.5) is 0 Å². The summed E-state index contributed by atoms with van der Waals surface area (Å²) in [6.07, 6.45) is 0.665. The number of carbonyl (C=O) groups excluding carboxylic acids is 1. The van der Waals surface area contributed by atoms with E-state index in [0.29, 0.717) is 17.2 Å². The van der Waals surface area contributed by atoms with Gasteiger partial charge in [0.2, 0.25) is 5.91 Å². The van der Waals surface area contributed by atoms with Gasteiger partial charge in [-0.25, -0.2) is 0 Å². The molecule has 1 heterocycles. The summed E-state index contributed by atoms with van der Waals surface area (Å²) in [5.74, 6) is 1.11. The second-order valence-corrected chi connectivity index (χ2v) is 7.63. The molecule has 7 heteroatoms. The van der Waals surface area contributed by atoms with Crippen molar-refractivity contribution >= 4 is 29.3 Å². The van der Waals surface area contributed by atoms with E-state index in [2.05, 4.69) is 15.5 Å². The fraction of sp³-hybridized carbons (Fsp3) is 0.250. The minimum Gasteiger partial charge on any atom is -0.349 e. The predicted octanol–water partition coefficient (Wildman–Crippen LogP) is 4.03. The lowest BCUT2D eigenvalue weighted by Crippen LogP contribution is -2.28. The van der Waals surface area contributed by atoms with Crippen LogP contribution in [0.2, 0.25) is 5.02 Å². The van der Waals surface area contributed by atoms with Crippen molar-refractivity contribution in [2.75, 3.05) is 5.75 Å². The summed E-state index contributed by atoms with van der Waals surface area (Å²) < 4.78 is 1.92. The third kappa shape index (κ3) is 5.34. The highest BCUT2D eigenvalue weighted by Gasteiger charge is 2.14. The second kappa shape index (κ2) is 9.06. The highest BCUT2D eigenvalue weighted by atomic mass is 35.5. The first-order chi connectivity index (χ1) is 13.0.